The van der Waals surface area contributed by atoms with E-state index in [0.717, 1.165) is 23.3 Å². The van der Waals surface area contributed by atoms with Crippen LogP contribution in [-0.2, 0) is 0 Å². The maximum Gasteiger partial charge on any atom is 0.147 e. The van der Waals surface area contributed by atoms with Gasteiger partial charge in [-0.15, -0.1) is 0 Å². The molecule has 0 aliphatic heterocycles. The highest BCUT2D eigenvalue weighted by Crippen LogP contribution is 2.32. The largest absolute Gasteiger partial charge is 0.352 e. The lowest BCUT2D eigenvalue weighted by molar-refractivity contribution is 0.587. The molecule has 1 saturated carbocycles. The first kappa shape index (κ1) is 14.1. The molecule has 2 rings (SSSR count). The molecule has 100 valence electrons. The van der Waals surface area contributed by atoms with Crippen molar-refractivity contribution in [3.8, 4) is 0 Å². The molecule has 3 nitrogen and oxygen atoms in total. The molecule has 1 aliphatic carbocycles. The molecule has 0 aromatic carbocycles. The second-order valence-electron chi connectivity index (χ2n) is 4.73. The van der Waals surface area contributed by atoms with Gasteiger partial charge in [-0.25, -0.2) is 4.98 Å². The molecule has 1 heterocycles. The molecule has 1 fully saturated rings. The van der Waals surface area contributed by atoms with Gasteiger partial charge in [0.25, 0.3) is 0 Å². The average molecular weight is 333 g/mol. The van der Waals surface area contributed by atoms with Crippen molar-refractivity contribution in [2.45, 2.75) is 38.1 Å². The van der Waals surface area contributed by atoms with Crippen molar-refractivity contribution in [3.05, 3.63) is 21.8 Å². The molecule has 0 amide bonds. The molecule has 1 aliphatic rings. The minimum Gasteiger partial charge on any atom is -0.352 e. The van der Waals surface area contributed by atoms with Crippen LogP contribution in [0.5, 0.6) is 0 Å². The van der Waals surface area contributed by atoms with E-state index in [-0.39, 0.29) is 0 Å². The van der Waals surface area contributed by atoms with Crippen molar-refractivity contribution in [1.82, 2.24) is 4.98 Å². The van der Waals surface area contributed by atoms with Crippen molar-refractivity contribution in [2.24, 2.45) is 5.73 Å². The lowest BCUT2D eigenvalue weighted by Gasteiger charge is -2.30. The van der Waals surface area contributed by atoms with Gasteiger partial charge < -0.3 is 10.6 Å². The smallest absolute Gasteiger partial charge is 0.147 e. The van der Waals surface area contributed by atoms with Crippen molar-refractivity contribution < 1.29 is 0 Å². The summed E-state index contributed by atoms with van der Waals surface area (Å²) < 4.78 is 0.918. The predicted molar refractivity (Wildman–Crippen MR) is 80.2 cm³/mol. The molecular formula is C13H19BrClN3. The Bertz CT molecular complexity index is 394. The number of halogens is 2. The van der Waals surface area contributed by atoms with Gasteiger partial charge in [-0.2, -0.15) is 0 Å². The zero-order valence-corrected chi connectivity index (χ0v) is 12.8. The maximum absolute atomic E-state index is 6.32. The first-order chi connectivity index (χ1) is 8.72. The molecule has 1 aromatic heterocycles. The van der Waals surface area contributed by atoms with Crippen molar-refractivity contribution >= 4 is 33.3 Å². The van der Waals surface area contributed by atoms with Crippen LogP contribution in [0.3, 0.4) is 0 Å². The van der Waals surface area contributed by atoms with E-state index in [9.17, 15) is 0 Å². The Kier molecular flexibility index (Phi) is 5.27. The Morgan fingerprint density at radius 2 is 2.17 bits per heavy atom. The average Bonchev–Trinajstić information content (AvgIpc) is 2.85. The summed E-state index contributed by atoms with van der Waals surface area (Å²) >= 11 is 9.71. The van der Waals surface area contributed by atoms with Crippen molar-refractivity contribution in [3.63, 3.8) is 0 Å². The lowest BCUT2D eigenvalue weighted by Crippen LogP contribution is -2.35. The molecule has 0 bridgehead atoms. The Balaban J connectivity index is 2.20. The van der Waals surface area contributed by atoms with Gasteiger partial charge in [0, 0.05) is 23.3 Å². The van der Waals surface area contributed by atoms with Crippen LogP contribution in [0.25, 0.3) is 0 Å². The second kappa shape index (κ2) is 6.73. The third-order valence-electron chi connectivity index (χ3n) is 3.43. The van der Waals surface area contributed by atoms with Crippen LogP contribution in [0, 0.1) is 0 Å². The van der Waals surface area contributed by atoms with Crippen LogP contribution in [-0.4, -0.2) is 24.1 Å². The van der Waals surface area contributed by atoms with E-state index in [1.165, 1.54) is 25.7 Å². The zero-order valence-electron chi connectivity index (χ0n) is 10.4. The van der Waals surface area contributed by atoms with Gasteiger partial charge in [0.1, 0.15) is 5.82 Å². The summed E-state index contributed by atoms with van der Waals surface area (Å²) in [6.07, 6.45) is 7.86. The van der Waals surface area contributed by atoms with Gasteiger partial charge >= 0.3 is 0 Å². The van der Waals surface area contributed by atoms with Crippen LogP contribution >= 0.6 is 27.5 Å². The molecule has 0 atom stereocenters. The lowest BCUT2D eigenvalue weighted by atomic mass is 10.2. The van der Waals surface area contributed by atoms with Crippen LogP contribution in [0.15, 0.2) is 16.7 Å². The molecule has 18 heavy (non-hydrogen) atoms. The Morgan fingerprint density at radius 1 is 1.44 bits per heavy atom. The first-order valence-corrected chi connectivity index (χ1v) is 7.67. The van der Waals surface area contributed by atoms with E-state index >= 15 is 0 Å². The highest BCUT2D eigenvalue weighted by molar-refractivity contribution is 9.10. The monoisotopic (exact) mass is 331 g/mol. The van der Waals surface area contributed by atoms with Crippen LogP contribution in [0.2, 0.25) is 5.02 Å². The third-order valence-corrected chi connectivity index (χ3v) is 4.14. The fourth-order valence-corrected chi connectivity index (χ4v) is 3.30. The molecule has 0 radical (unpaired) electrons. The summed E-state index contributed by atoms with van der Waals surface area (Å²) in [6.45, 7) is 1.65. The maximum atomic E-state index is 6.32. The number of nitrogens with two attached hydrogens (primary N) is 1. The number of nitrogens with zero attached hydrogens (tertiary/aromatic N) is 2. The summed E-state index contributed by atoms with van der Waals surface area (Å²) in [6, 6.07) is 2.48. The number of hydrogen-bond acceptors (Lipinski definition) is 3. The number of anilines is 1. The highest BCUT2D eigenvalue weighted by Gasteiger charge is 2.24. The standard InChI is InChI=1S/C13H19BrClN3/c14-10-8-12(15)13(17-9-10)18(7-3-6-16)11-4-1-2-5-11/h8-9,11H,1-7,16H2. The number of hydrogen-bond donors (Lipinski definition) is 1. The van der Waals surface area contributed by atoms with Crippen molar-refractivity contribution in [2.75, 3.05) is 18.0 Å². The summed E-state index contributed by atoms with van der Waals surface area (Å²) in [5.41, 5.74) is 5.63. The van der Waals surface area contributed by atoms with Gasteiger partial charge in [-0.05, 0) is 47.8 Å². The molecule has 0 spiro atoms. The Labute approximate surface area is 122 Å². The molecule has 2 N–H and O–H groups in total. The van der Waals surface area contributed by atoms with Gasteiger partial charge in [-0.3, -0.25) is 0 Å². The first-order valence-electron chi connectivity index (χ1n) is 6.50. The van der Waals surface area contributed by atoms with E-state index < -0.39 is 0 Å². The van der Waals surface area contributed by atoms with Gasteiger partial charge in [0.05, 0.1) is 5.02 Å². The number of rotatable bonds is 5. The minimum absolute atomic E-state index is 0.572. The van der Waals surface area contributed by atoms with Gasteiger partial charge in [0.15, 0.2) is 0 Å². The van der Waals surface area contributed by atoms with E-state index in [4.69, 9.17) is 17.3 Å². The SMILES string of the molecule is NCCCN(c1ncc(Br)cc1Cl)C1CCCC1. The fraction of sp³-hybridized carbons (Fsp3) is 0.615. The third kappa shape index (κ3) is 3.37. The second-order valence-corrected chi connectivity index (χ2v) is 6.06. The van der Waals surface area contributed by atoms with E-state index in [1.54, 1.807) is 0 Å². The topological polar surface area (TPSA) is 42.1 Å². The summed E-state index contributed by atoms with van der Waals surface area (Å²) in [4.78, 5) is 6.82. The van der Waals surface area contributed by atoms with E-state index in [0.29, 0.717) is 17.6 Å². The zero-order chi connectivity index (χ0) is 13.0. The predicted octanol–water partition coefficient (Wildman–Crippen LogP) is 3.60. The Hall–Kier alpha value is -0.320. The minimum atomic E-state index is 0.572. The molecule has 1 aromatic rings. The highest BCUT2D eigenvalue weighted by atomic mass is 79.9. The summed E-state index contributed by atoms with van der Waals surface area (Å²) in [5.74, 6) is 0.903. The van der Waals surface area contributed by atoms with Crippen molar-refractivity contribution in [1.29, 1.82) is 0 Å². The number of pyridine rings is 1. The molecule has 0 unspecified atom stereocenters. The normalized spacial score (nSPS) is 16.2. The molecule has 0 saturated heterocycles. The Morgan fingerprint density at radius 3 is 2.78 bits per heavy atom. The van der Waals surface area contributed by atoms with E-state index in [1.807, 2.05) is 12.3 Å². The van der Waals surface area contributed by atoms with Crippen LogP contribution < -0.4 is 10.6 Å². The summed E-state index contributed by atoms with van der Waals surface area (Å²) in [5, 5.41) is 0.716. The van der Waals surface area contributed by atoms with Gasteiger partial charge in [-0.1, -0.05) is 24.4 Å². The molecular weight excluding hydrogens is 314 g/mol. The summed E-state index contributed by atoms with van der Waals surface area (Å²) in [7, 11) is 0. The fourth-order valence-electron chi connectivity index (χ4n) is 2.56. The van der Waals surface area contributed by atoms with E-state index in [2.05, 4.69) is 25.8 Å². The van der Waals surface area contributed by atoms with Crippen LogP contribution in [0.1, 0.15) is 32.1 Å². The quantitative estimate of drug-likeness (QED) is 0.896. The number of aromatic nitrogens is 1. The van der Waals surface area contributed by atoms with Gasteiger partial charge in [0.2, 0.25) is 0 Å². The van der Waals surface area contributed by atoms with Crippen LogP contribution in [0.4, 0.5) is 5.82 Å². The molecule has 5 heteroatoms.